The topological polar surface area (TPSA) is 80.8 Å². The van der Waals surface area contributed by atoms with Gasteiger partial charge in [0, 0.05) is 22.8 Å². The molecule has 1 saturated heterocycles. The molecule has 7 nitrogen and oxygen atoms in total. The summed E-state index contributed by atoms with van der Waals surface area (Å²) in [7, 11) is 1.61. The molecule has 2 heterocycles. The van der Waals surface area contributed by atoms with Crippen molar-refractivity contribution in [3.63, 3.8) is 0 Å². The molecule has 3 aromatic carbocycles. The fourth-order valence-corrected chi connectivity index (χ4v) is 4.54. The molecule has 0 radical (unpaired) electrons. The van der Waals surface area contributed by atoms with Crippen LogP contribution in [0.2, 0.25) is 0 Å². The summed E-state index contributed by atoms with van der Waals surface area (Å²) < 4.78 is 11.1. The summed E-state index contributed by atoms with van der Waals surface area (Å²) in [6, 6.07) is 23.6. The number of benzene rings is 3. The zero-order chi connectivity index (χ0) is 24.6. The molecule has 0 spiro atoms. The minimum atomic E-state index is -0.763. The molecule has 4 aromatic rings. The van der Waals surface area contributed by atoms with Crippen LogP contribution in [0.1, 0.15) is 35.8 Å². The highest BCUT2D eigenvalue weighted by atomic mass is 16.6. The van der Waals surface area contributed by atoms with E-state index in [1.807, 2.05) is 68.4 Å². The highest BCUT2D eigenvalue weighted by molar-refractivity contribution is 6.08. The third-order valence-electron chi connectivity index (χ3n) is 6.16. The largest absolute Gasteiger partial charge is 0.497 e. The number of carbonyl (C=O) groups excluding carboxylic acids is 2. The van der Waals surface area contributed by atoms with Gasteiger partial charge >= 0.3 is 6.09 Å². The fourth-order valence-electron chi connectivity index (χ4n) is 4.54. The molecule has 176 valence electrons. The highest BCUT2D eigenvalue weighted by Gasteiger charge is 2.49. The molecule has 35 heavy (non-hydrogen) atoms. The number of pyridine rings is 1. The van der Waals surface area contributed by atoms with Crippen molar-refractivity contribution < 1.29 is 19.1 Å². The molecule has 0 aliphatic carbocycles. The number of nitrogens with one attached hydrogen (secondary N) is 1. The van der Waals surface area contributed by atoms with Gasteiger partial charge < -0.3 is 14.8 Å². The maximum atomic E-state index is 13.0. The first-order chi connectivity index (χ1) is 16.9. The minimum absolute atomic E-state index is 0.261. The number of amides is 2. The number of fused-ring (bicyclic) bond motifs is 1. The zero-order valence-corrected chi connectivity index (χ0v) is 19.7. The Bertz CT molecular complexity index is 1410. The van der Waals surface area contributed by atoms with E-state index < -0.39 is 11.7 Å². The highest BCUT2D eigenvalue weighted by Crippen LogP contribution is 2.44. The lowest BCUT2D eigenvalue weighted by Crippen LogP contribution is -2.33. The summed E-state index contributed by atoms with van der Waals surface area (Å²) in [5, 5.41) is 3.88. The number of carbonyl (C=O) groups is 2. The smallest absolute Gasteiger partial charge is 0.415 e. The van der Waals surface area contributed by atoms with Gasteiger partial charge in [0.1, 0.15) is 17.4 Å². The van der Waals surface area contributed by atoms with Gasteiger partial charge in [0.15, 0.2) is 0 Å². The molecule has 1 aromatic heterocycles. The van der Waals surface area contributed by atoms with Gasteiger partial charge in [-0.3, -0.25) is 14.7 Å². The van der Waals surface area contributed by atoms with E-state index in [1.165, 1.54) is 0 Å². The van der Waals surface area contributed by atoms with E-state index in [0.717, 1.165) is 16.5 Å². The second-order valence-corrected chi connectivity index (χ2v) is 8.90. The lowest BCUT2D eigenvalue weighted by molar-refractivity contribution is 0.0684. The van der Waals surface area contributed by atoms with Crippen molar-refractivity contribution in [3.05, 3.63) is 96.2 Å². The number of hydrogen-bond acceptors (Lipinski definition) is 5. The third kappa shape index (κ3) is 4.17. The summed E-state index contributed by atoms with van der Waals surface area (Å²) >= 11 is 0. The van der Waals surface area contributed by atoms with Crippen LogP contribution in [-0.2, 0) is 4.74 Å². The number of methoxy groups -OCH3 is 1. The SMILES string of the molecule is COc1cccc([C@@H]2N(c3ccc(C(=O)Nc4cccc5cccnc45)cc3)C(=O)OC2(C)C)c1. The van der Waals surface area contributed by atoms with Crippen molar-refractivity contribution in [1.82, 2.24) is 4.98 Å². The molecule has 1 aliphatic heterocycles. The number of rotatable bonds is 5. The van der Waals surface area contributed by atoms with Gasteiger partial charge in [-0.25, -0.2) is 4.79 Å². The van der Waals surface area contributed by atoms with Crippen molar-refractivity contribution >= 4 is 34.3 Å². The van der Waals surface area contributed by atoms with E-state index in [0.29, 0.717) is 22.7 Å². The Labute approximate surface area is 203 Å². The van der Waals surface area contributed by atoms with Crippen molar-refractivity contribution in [2.24, 2.45) is 0 Å². The van der Waals surface area contributed by atoms with Gasteiger partial charge in [-0.2, -0.15) is 0 Å². The van der Waals surface area contributed by atoms with Crippen LogP contribution in [-0.4, -0.2) is 29.7 Å². The van der Waals surface area contributed by atoms with E-state index in [1.54, 1.807) is 42.5 Å². The van der Waals surface area contributed by atoms with Crippen molar-refractivity contribution in [2.45, 2.75) is 25.5 Å². The lowest BCUT2D eigenvalue weighted by Gasteiger charge is -2.29. The Kier molecular flexibility index (Phi) is 5.61. The predicted molar refractivity (Wildman–Crippen MR) is 135 cm³/mol. The van der Waals surface area contributed by atoms with Crippen LogP contribution in [0, 0.1) is 0 Å². The molecule has 0 bridgehead atoms. The average molecular weight is 468 g/mol. The van der Waals surface area contributed by atoms with Crippen molar-refractivity contribution in [2.75, 3.05) is 17.3 Å². The molecule has 1 fully saturated rings. The van der Waals surface area contributed by atoms with Crippen LogP contribution in [0.3, 0.4) is 0 Å². The van der Waals surface area contributed by atoms with E-state index in [2.05, 4.69) is 10.3 Å². The average Bonchev–Trinajstić information content (AvgIpc) is 3.12. The Hall–Kier alpha value is -4.39. The Balaban J connectivity index is 1.42. The molecule has 2 amide bonds. The van der Waals surface area contributed by atoms with Crippen LogP contribution in [0.25, 0.3) is 10.9 Å². The molecule has 5 rings (SSSR count). The van der Waals surface area contributed by atoms with E-state index >= 15 is 0 Å². The maximum absolute atomic E-state index is 13.0. The summed E-state index contributed by atoms with van der Waals surface area (Å²) in [5.74, 6) is 0.441. The summed E-state index contributed by atoms with van der Waals surface area (Å²) in [6.45, 7) is 3.77. The molecular weight excluding hydrogens is 442 g/mol. The zero-order valence-electron chi connectivity index (χ0n) is 19.7. The molecule has 0 saturated carbocycles. The molecule has 7 heteroatoms. The van der Waals surface area contributed by atoms with Crippen molar-refractivity contribution in [3.8, 4) is 5.75 Å². The number of ether oxygens (including phenoxy) is 2. The van der Waals surface area contributed by atoms with Crippen LogP contribution >= 0.6 is 0 Å². The van der Waals surface area contributed by atoms with Gasteiger partial charge in [0.25, 0.3) is 5.91 Å². The lowest BCUT2D eigenvalue weighted by atomic mass is 9.91. The second kappa shape index (κ2) is 8.76. The number of anilines is 2. The predicted octanol–water partition coefficient (Wildman–Crippen LogP) is 5.97. The monoisotopic (exact) mass is 467 g/mol. The number of cyclic esters (lactones) is 1. The third-order valence-corrected chi connectivity index (χ3v) is 6.16. The number of hydrogen-bond donors (Lipinski definition) is 1. The molecule has 1 aliphatic rings. The first-order valence-electron chi connectivity index (χ1n) is 11.3. The fraction of sp³-hybridized carbons (Fsp3) is 0.179. The van der Waals surface area contributed by atoms with Gasteiger partial charge in [0.2, 0.25) is 0 Å². The minimum Gasteiger partial charge on any atom is -0.497 e. The van der Waals surface area contributed by atoms with Crippen LogP contribution in [0.4, 0.5) is 16.2 Å². The van der Waals surface area contributed by atoms with E-state index in [4.69, 9.17) is 9.47 Å². The van der Waals surface area contributed by atoms with Crippen LogP contribution in [0.5, 0.6) is 5.75 Å². The van der Waals surface area contributed by atoms with Gasteiger partial charge in [-0.15, -0.1) is 0 Å². The van der Waals surface area contributed by atoms with Crippen LogP contribution in [0.15, 0.2) is 85.1 Å². The van der Waals surface area contributed by atoms with Crippen molar-refractivity contribution in [1.29, 1.82) is 0 Å². The Morgan fingerprint density at radius 2 is 1.77 bits per heavy atom. The Morgan fingerprint density at radius 1 is 1.03 bits per heavy atom. The number of aromatic nitrogens is 1. The summed E-state index contributed by atoms with van der Waals surface area (Å²) in [4.78, 5) is 31.9. The van der Waals surface area contributed by atoms with E-state index in [9.17, 15) is 9.59 Å². The number of nitrogens with zero attached hydrogens (tertiary/aromatic N) is 2. The second-order valence-electron chi connectivity index (χ2n) is 8.90. The Morgan fingerprint density at radius 3 is 2.54 bits per heavy atom. The van der Waals surface area contributed by atoms with E-state index in [-0.39, 0.29) is 11.9 Å². The van der Waals surface area contributed by atoms with Gasteiger partial charge in [-0.05, 0) is 67.9 Å². The summed E-state index contributed by atoms with van der Waals surface area (Å²) in [6.07, 6.45) is 1.25. The van der Waals surface area contributed by atoms with Crippen LogP contribution < -0.4 is 15.0 Å². The first kappa shape index (κ1) is 22.4. The van der Waals surface area contributed by atoms with Gasteiger partial charge in [-0.1, -0.05) is 30.3 Å². The quantitative estimate of drug-likeness (QED) is 0.391. The first-order valence-corrected chi connectivity index (χ1v) is 11.3. The molecule has 1 N–H and O–H groups in total. The molecular formula is C28H25N3O4. The molecule has 1 atom stereocenters. The standard InChI is InChI=1S/C28H25N3O4/c1-28(2)25(20-8-4-10-22(17-20)34-3)31(27(33)35-28)21-14-12-19(13-15-21)26(32)30-23-11-5-7-18-9-6-16-29-24(18)23/h4-17,25H,1-3H3,(H,30,32)/t25-/m0/s1. The van der Waals surface area contributed by atoms with Gasteiger partial charge in [0.05, 0.1) is 18.3 Å². The maximum Gasteiger partial charge on any atom is 0.415 e. The summed E-state index contributed by atoms with van der Waals surface area (Å²) in [5.41, 5.74) is 2.60. The normalized spacial score (nSPS) is 16.7. The number of para-hydroxylation sites is 1. The molecule has 0 unspecified atom stereocenters.